The summed E-state index contributed by atoms with van der Waals surface area (Å²) in [4.78, 5) is 0. The van der Waals surface area contributed by atoms with Crippen molar-refractivity contribution in [1.82, 2.24) is 5.32 Å². The third kappa shape index (κ3) is 3.22. The van der Waals surface area contributed by atoms with Crippen molar-refractivity contribution in [3.8, 4) is 5.75 Å². The number of hydrogen-bond donors (Lipinski definition) is 2. The van der Waals surface area contributed by atoms with Crippen LogP contribution in [0.1, 0.15) is 48.5 Å². The SMILES string of the molecule is C[C@@H](NC1CCCc2cc(O)ccc21)c1ccc(Cl)cc1. The van der Waals surface area contributed by atoms with E-state index in [1.54, 1.807) is 6.07 Å². The number of phenolic OH excluding ortho intramolecular Hbond substituents is 1. The summed E-state index contributed by atoms with van der Waals surface area (Å²) in [6, 6.07) is 14.4. The number of benzene rings is 2. The van der Waals surface area contributed by atoms with Crippen LogP contribution in [0.4, 0.5) is 0 Å². The van der Waals surface area contributed by atoms with Crippen LogP contribution in [0.3, 0.4) is 0 Å². The molecule has 2 aromatic carbocycles. The molecule has 3 rings (SSSR count). The van der Waals surface area contributed by atoms with E-state index < -0.39 is 0 Å². The van der Waals surface area contributed by atoms with Gasteiger partial charge in [-0.3, -0.25) is 0 Å². The molecule has 0 heterocycles. The van der Waals surface area contributed by atoms with Gasteiger partial charge in [0.25, 0.3) is 0 Å². The topological polar surface area (TPSA) is 32.3 Å². The first-order valence-electron chi connectivity index (χ1n) is 7.47. The Balaban J connectivity index is 1.78. The molecule has 21 heavy (non-hydrogen) atoms. The zero-order valence-electron chi connectivity index (χ0n) is 12.1. The first-order valence-corrected chi connectivity index (χ1v) is 7.84. The average molecular weight is 302 g/mol. The molecular formula is C18H20ClNO. The first-order chi connectivity index (χ1) is 10.1. The fraction of sp³-hybridized carbons (Fsp3) is 0.333. The fourth-order valence-electron chi connectivity index (χ4n) is 3.12. The molecule has 2 N–H and O–H groups in total. The van der Waals surface area contributed by atoms with E-state index in [0.29, 0.717) is 11.8 Å². The van der Waals surface area contributed by atoms with Crippen molar-refractivity contribution in [3.63, 3.8) is 0 Å². The summed E-state index contributed by atoms with van der Waals surface area (Å²) in [5.41, 5.74) is 3.83. The standard InChI is InChI=1S/C18H20ClNO/c1-12(13-5-7-15(19)8-6-13)20-18-4-2-3-14-11-16(21)9-10-17(14)18/h5-12,18,20-21H,2-4H2,1H3/t12-,18?/m1/s1. The van der Waals surface area contributed by atoms with Gasteiger partial charge in [-0.15, -0.1) is 0 Å². The minimum atomic E-state index is 0.270. The Morgan fingerprint density at radius 2 is 1.95 bits per heavy atom. The fourth-order valence-corrected chi connectivity index (χ4v) is 3.25. The van der Waals surface area contributed by atoms with Crippen LogP contribution in [0.2, 0.25) is 5.02 Å². The quantitative estimate of drug-likeness (QED) is 0.855. The zero-order valence-corrected chi connectivity index (χ0v) is 12.9. The number of aryl methyl sites for hydroxylation is 1. The van der Waals surface area contributed by atoms with Gasteiger partial charge < -0.3 is 10.4 Å². The lowest BCUT2D eigenvalue weighted by atomic mass is 9.87. The van der Waals surface area contributed by atoms with Crippen LogP contribution in [-0.2, 0) is 6.42 Å². The Morgan fingerprint density at radius 3 is 2.71 bits per heavy atom. The number of halogens is 1. The molecule has 110 valence electrons. The van der Waals surface area contributed by atoms with Crippen LogP contribution >= 0.6 is 11.6 Å². The van der Waals surface area contributed by atoms with E-state index >= 15 is 0 Å². The van der Waals surface area contributed by atoms with Crippen LogP contribution in [-0.4, -0.2) is 5.11 Å². The molecule has 0 aromatic heterocycles. The Morgan fingerprint density at radius 1 is 1.19 bits per heavy atom. The molecule has 0 spiro atoms. The van der Waals surface area contributed by atoms with E-state index in [4.69, 9.17) is 11.6 Å². The zero-order chi connectivity index (χ0) is 14.8. The number of rotatable bonds is 3. The lowest BCUT2D eigenvalue weighted by molar-refractivity contribution is 0.413. The number of hydrogen-bond acceptors (Lipinski definition) is 2. The van der Waals surface area contributed by atoms with Crippen LogP contribution in [0.15, 0.2) is 42.5 Å². The van der Waals surface area contributed by atoms with Crippen LogP contribution in [0.25, 0.3) is 0 Å². The number of fused-ring (bicyclic) bond motifs is 1. The summed E-state index contributed by atoms with van der Waals surface area (Å²) in [6.45, 7) is 2.18. The van der Waals surface area contributed by atoms with Crippen molar-refractivity contribution in [3.05, 3.63) is 64.2 Å². The number of aromatic hydroxyl groups is 1. The Hall–Kier alpha value is -1.51. The molecule has 1 aliphatic carbocycles. The molecule has 2 nitrogen and oxygen atoms in total. The van der Waals surface area contributed by atoms with E-state index in [-0.39, 0.29) is 6.04 Å². The van der Waals surface area contributed by atoms with Crippen LogP contribution in [0, 0.1) is 0 Å². The van der Waals surface area contributed by atoms with Gasteiger partial charge in [0.2, 0.25) is 0 Å². The van der Waals surface area contributed by atoms with E-state index in [2.05, 4.69) is 30.4 Å². The van der Waals surface area contributed by atoms with Crippen LogP contribution < -0.4 is 5.32 Å². The van der Waals surface area contributed by atoms with Crippen molar-refractivity contribution in [1.29, 1.82) is 0 Å². The van der Waals surface area contributed by atoms with E-state index in [1.165, 1.54) is 16.7 Å². The Kier molecular flexibility index (Phi) is 4.18. The summed E-state index contributed by atoms with van der Waals surface area (Å²) >= 11 is 5.95. The first kappa shape index (κ1) is 14.4. The molecule has 1 aliphatic rings. The monoisotopic (exact) mass is 301 g/mol. The molecule has 2 aromatic rings. The highest BCUT2D eigenvalue weighted by atomic mass is 35.5. The maximum Gasteiger partial charge on any atom is 0.115 e. The molecule has 0 bridgehead atoms. The molecule has 0 radical (unpaired) electrons. The maximum absolute atomic E-state index is 9.63. The normalized spacial score (nSPS) is 19.0. The molecule has 0 amide bonds. The van der Waals surface area contributed by atoms with Gasteiger partial charge in [-0.25, -0.2) is 0 Å². The highest BCUT2D eigenvalue weighted by molar-refractivity contribution is 6.30. The molecule has 0 aliphatic heterocycles. The van der Waals surface area contributed by atoms with Crippen molar-refractivity contribution in [2.75, 3.05) is 0 Å². The number of phenols is 1. The van der Waals surface area contributed by atoms with Crippen molar-refractivity contribution in [2.45, 2.75) is 38.3 Å². The molecule has 0 saturated carbocycles. The minimum absolute atomic E-state index is 0.270. The Bertz CT molecular complexity index is 624. The van der Waals surface area contributed by atoms with Gasteiger partial charge in [0, 0.05) is 17.1 Å². The second-order valence-corrected chi connectivity index (χ2v) is 6.20. The van der Waals surface area contributed by atoms with E-state index in [1.807, 2.05) is 18.2 Å². The van der Waals surface area contributed by atoms with Crippen molar-refractivity contribution >= 4 is 11.6 Å². The lowest BCUT2D eigenvalue weighted by Crippen LogP contribution is -2.27. The van der Waals surface area contributed by atoms with Gasteiger partial charge in [0.05, 0.1) is 0 Å². The summed E-state index contributed by atoms with van der Waals surface area (Å²) in [6.07, 6.45) is 3.34. The summed E-state index contributed by atoms with van der Waals surface area (Å²) in [5, 5.41) is 14.1. The largest absolute Gasteiger partial charge is 0.508 e. The third-order valence-corrected chi connectivity index (χ3v) is 4.51. The van der Waals surface area contributed by atoms with Gasteiger partial charge in [0.15, 0.2) is 0 Å². The summed E-state index contributed by atoms with van der Waals surface area (Å²) in [5.74, 6) is 0.361. The lowest BCUT2D eigenvalue weighted by Gasteiger charge is -2.29. The molecule has 0 saturated heterocycles. The molecule has 2 atom stereocenters. The molecular weight excluding hydrogens is 282 g/mol. The van der Waals surface area contributed by atoms with Crippen LogP contribution in [0.5, 0.6) is 5.75 Å². The van der Waals surface area contributed by atoms with E-state index in [0.717, 1.165) is 24.3 Å². The maximum atomic E-state index is 9.63. The van der Waals surface area contributed by atoms with Gasteiger partial charge in [-0.05, 0) is 67.1 Å². The Labute approximate surface area is 130 Å². The highest BCUT2D eigenvalue weighted by Gasteiger charge is 2.22. The van der Waals surface area contributed by atoms with Gasteiger partial charge in [0.1, 0.15) is 5.75 Å². The summed E-state index contributed by atoms with van der Waals surface area (Å²) in [7, 11) is 0. The van der Waals surface area contributed by atoms with Gasteiger partial charge in [-0.1, -0.05) is 29.8 Å². The molecule has 1 unspecified atom stereocenters. The van der Waals surface area contributed by atoms with E-state index in [9.17, 15) is 5.11 Å². The predicted octanol–water partition coefficient (Wildman–Crippen LogP) is 4.77. The predicted molar refractivity (Wildman–Crippen MR) is 86.8 cm³/mol. The number of nitrogens with one attached hydrogen (secondary N) is 1. The summed E-state index contributed by atoms with van der Waals surface area (Å²) < 4.78 is 0. The highest BCUT2D eigenvalue weighted by Crippen LogP contribution is 2.33. The molecule has 3 heteroatoms. The second-order valence-electron chi connectivity index (χ2n) is 5.77. The van der Waals surface area contributed by atoms with Crippen molar-refractivity contribution in [2.24, 2.45) is 0 Å². The second kappa shape index (κ2) is 6.08. The van der Waals surface area contributed by atoms with Gasteiger partial charge >= 0.3 is 0 Å². The smallest absolute Gasteiger partial charge is 0.115 e. The molecule has 0 fully saturated rings. The third-order valence-electron chi connectivity index (χ3n) is 4.26. The average Bonchev–Trinajstić information content (AvgIpc) is 2.47. The minimum Gasteiger partial charge on any atom is -0.508 e. The van der Waals surface area contributed by atoms with Gasteiger partial charge in [-0.2, -0.15) is 0 Å². The van der Waals surface area contributed by atoms with Crippen molar-refractivity contribution < 1.29 is 5.11 Å².